The molecule has 2 rings (SSSR count). The van der Waals surface area contributed by atoms with Gasteiger partial charge in [-0.25, -0.2) is 0 Å². The van der Waals surface area contributed by atoms with E-state index in [0.29, 0.717) is 0 Å². The van der Waals surface area contributed by atoms with Crippen LogP contribution in [0, 0.1) is 0 Å². The van der Waals surface area contributed by atoms with Crippen LogP contribution in [0.15, 0.2) is 48.5 Å². The highest BCUT2D eigenvalue weighted by atomic mass is 35.5. The Bertz CT molecular complexity index is 505. The average molecular weight is 261 g/mol. The highest BCUT2D eigenvalue weighted by molar-refractivity contribution is 6.22. The maximum atomic E-state index is 6.57. The van der Waals surface area contributed by atoms with Gasteiger partial charge in [-0.15, -0.1) is 11.6 Å². The van der Waals surface area contributed by atoms with Gasteiger partial charge in [0.05, 0.1) is 12.5 Å². The molecule has 0 bridgehead atoms. The lowest BCUT2D eigenvalue weighted by Crippen LogP contribution is -1.98. The van der Waals surface area contributed by atoms with E-state index < -0.39 is 0 Å². The fourth-order valence-corrected chi connectivity index (χ4v) is 2.41. The van der Waals surface area contributed by atoms with Crippen molar-refractivity contribution in [1.29, 1.82) is 0 Å². The molecule has 0 amide bonds. The van der Waals surface area contributed by atoms with Crippen LogP contribution in [0.5, 0.6) is 5.75 Å². The van der Waals surface area contributed by atoms with Crippen LogP contribution >= 0.6 is 11.6 Å². The smallest absolute Gasteiger partial charge is 0.118 e. The molecule has 0 N–H and O–H groups in total. The molecule has 0 saturated heterocycles. The van der Waals surface area contributed by atoms with E-state index in [-0.39, 0.29) is 5.38 Å². The van der Waals surface area contributed by atoms with Gasteiger partial charge in [-0.05, 0) is 35.2 Å². The lowest BCUT2D eigenvalue weighted by Gasteiger charge is -2.14. The molecule has 0 aliphatic carbocycles. The third kappa shape index (κ3) is 2.68. The topological polar surface area (TPSA) is 9.23 Å². The molecule has 94 valence electrons. The Morgan fingerprint density at radius 2 is 1.72 bits per heavy atom. The molecule has 0 aliphatic heterocycles. The first kappa shape index (κ1) is 13.0. The molecule has 0 saturated carbocycles. The summed E-state index contributed by atoms with van der Waals surface area (Å²) in [6.07, 6.45) is 0.996. The largest absolute Gasteiger partial charge is 0.497 e. The zero-order valence-electron chi connectivity index (χ0n) is 10.7. The van der Waals surface area contributed by atoms with Crippen LogP contribution in [0.3, 0.4) is 0 Å². The van der Waals surface area contributed by atoms with Crippen LogP contribution in [-0.4, -0.2) is 7.11 Å². The molecule has 0 aromatic heterocycles. The molecule has 0 heterocycles. The number of halogens is 1. The Morgan fingerprint density at radius 1 is 1.06 bits per heavy atom. The molecule has 2 aromatic carbocycles. The summed E-state index contributed by atoms with van der Waals surface area (Å²) in [5.74, 6) is 0.853. The van der Waals surface area contributed by atoms with E-state index in [0.717, 1.165) is 17.7 Å². The van der Waals surface area contributed by atoms with Gasteiger partial charge in [0.1, 0.15) is 5.75 Å². The van der Waals surface area contributed by atoms with Crippen LogP contribution < -0.4 is 4.74 Å². The molecule has 18 heavy (non-hydrogen) atoms. The first-order chi connectivity index (χ1) is 8.76. The number of benzene rings is 2. The van der Waals surface area contributed by atoms with E-state index in [9.17, 15) is 0 Å². The predicted molar refractivity (Wildman–Crippen MR) is 76.5 cm³/mol. The number of ether oxygens (including phenoxy) is 1. The van der Waals surface area contributed by atoms with Gasteiger partial charge in [-0.2, -0.15) is 0 Å². The summed E-state index contributed by atoms with van der Waals surface area (Å²) >= 11 is 6.57. The van der Waals surface area contributed by atoms with E-state index >= 15 is 0 Å². The number of aryl methyl sites for hydroxylation is 1. The fourth-order valence-electron chi connectivity index (χ4n) is 2.06. The Labute approximate surface area is 113 Å². The molecular formula is C16H17ClO. The average Bonchev–Trinajstić information content (AvgIpc) is 2.46. The van der Waals surface area contributed by atoms with Gasteiger partial charge in [0.25, 0.3) is 0 Å². The lowest BCUT2D eigenvalue weighted by atomic mass is 9.98. The SMILES string of the molecule is CCc1ccccc1C(Cl)c1ccc(OC)cc1. The van der Waals surface area contributed by atoms with Crippen LogP contribution in [0.25, 0.3) is 0 Å². The molecular weight excluding hydrogens is 244 g/mol. The van der Waals surface area contributed by atoms with Gasteiger partial charge in [0, 0.05) is 0 Å². The minimum Gasteiger partial charge on any atom is -0.497 e. The van der Waals surface area contributed by atoms with Crippen molar-refractivity contribution in [2.45, 2.75) is 18.7 Å². The van der Waals surface area contributed by atoms with Crippen molar-refractivity contribution < 1.29 is 4.74 Å². The van der Waals surface area contributed by atoms with Gasteiger partial charge in [-0.3, -0.25) is 0 Å². The number of methoxy groups -OCH3 is 1. The zero-order valence-corrected chi connectivity index (χ0v) is 11.4. The summed E-state index contributed by atoms with van der Waals surface area (Å²) in [5, 5.41) is -0.105. The molecule has 2 aromatic rings. The fraction of sp³-hybridized carbons (Fsp3) is 0.250. The molecule has 0 spiro atoms. The Hall–Kier alpha value is -1.47. The second-order valence-electron chi connectivity index (χ2n) is 4.19. The summed E-state index contributed by atoms with van der Waals surface area (Å²) in [4.78, 5) is 0. The van der Waals surface area contributed by atoms with Crippen molar-refractivity contribution in [3.63, 3.8) is 0 Å². The van der Waals surface area contributed by atoms with Gasteiger partial charge in [-0.1, -0.05) is 43.3 Å². The first-order valence-corrected chi connectivity index (χ1v) is 6.55. The van der Waals surface area contributed by atoms with Crippen molar-refractivity contribution in [1.82, 2.24) is 0 Å². The van der Waals surface area contributed by atoms with Gasteiger partial charge >= 0.3 is 0 Å². The lowest BCUT2D eigenvalue weighted by molar-refractivity contribution is 0.414. The van der Waals surface area contributed by atoms with Crippen LogP contribution in [0.1, 0.15) is 29.0 Å². The number of hydrogen-bond acceptors (Lipinski definition) is 1. The van der Waals surface area contributed by atoms with Gasteiger partial charge in [0.15, 0.2) is 0 Å². The number of alkyl halides is 1. The van der Waals surface area contributed by atoms with Crippen LogP contribution in [0.4, 0.5) is 0 Å². The summed E-state index contributed by atoms with van der Waals surface area (Å²) in [6, 6.07) is 16.2. The van der Waals surface area contributed by atoms with Crippen molar-refractivity contribution in [2.75, 3.05) is 7.11 Å². The predicted octanol–water partition coefficient (Wildman–Crippen LogP) is 4.59. The van der Waals surface area contributed by atoms with E-state index in [1.165, 1.54) is 11.1 Å². The van der Waals surface area contributed by atoms with Gasteiger partial charge < -0.3 is 4.74 Å². The van der Waals surface area contributed by atoms with E-state index in [2.05, 4.69) is 25.1 Å². The van der Waals surface area contributed by atoms with Crippen LogP contribution in [-0.2, 0) is 6.42 Å². The molecule has 0 fully saturated rings. The standard InChI is InChI=1S/C16H17ClO/c1-3-12-6-4-5-7-15(12)16(17)13-8-10-14(18-2)11-9-13/h4-11,16H,3H2,1-2H3. The maximum absolute atomic E-state index is 6.57. The third-order valence-electron chi connectivity index (χ3n) is 3.12. The second-order valence-corrected chi connectivity index (χ2v) is 4.62. The molecule has 1 atom stereocenters. The highest BCUT2D eigenvalue weighted by Crippen LogP contribution is 2.32. The maximum Gasteiger partial charge on any atom is 0.118 e. The van der Waals surface area contributed by atoms with Gasteiger partial charge in [0.2, 0.25) is 0 Å². The first-order valence-electron chi connectivity index (χ1n) is 6.12. The molecule has 1 nitrogen and oxygen atoms in total. The molecule has 0 aliphatic rings. The summed E-state index contributed by atoms with van der Waals surface area (Å²) < 4.78 is 5.16. The van der Waals surface area contributed by atoms with Crippen molar-refractivity contribution in [3.05, 3.63) is 65.2 Å². The highest BCUT2D eigenvalue weighted by Gasteiger charge is 2.13. The number of rotatable bonds is 4. The summed E-state index contributed by atoms with van der Waals surface area (Å²) in [7, 11) is 1.67. The molecule has 1 unspecified atom stereocenters. The van der Waals surface area contributed by atoms with Crippen molar-refractivity contribution in [3.8, 4) is 5.75 Å². The quantitative estimate of drug-likeness (QED) is 0.731. The molecule has 0 radical (unpaired) electrons. The summed E-state index contributed by atoms with van der Waals surface area (Å²) in [6.45, 7) is 2.15. The second kappa shape index (κ2) is 5.92. The minimum atomic E-state index is -0.105. The molecule has 2 heteroatoms. The van der Waals surface area contributed by atoms with E-state index in [1.807, 2.05) is 30.3 Å². The Morgan fingerprint density at radius 3 is 2.33 bits per heavy atom. The van der Waals surface area contributed by atoms with Crippen molar-refractivity contribution in [2.24, 2.45) is 0 Å². The third-order valence-corrected chi connectivity index (χ3v) is 3.60. The number of hydrogen-bond donors (Lipinski definition) is 0. The Kier molecular flexibility index (Phi) is 4.27. The summed E-state index contributed by atoms with van der Waals surface area (Å²) in [5.41, 5.74) is 3.58. The minimum absolute atomic E-state index is 0.105. The van der Waals surface area contributed by atoms with E-state index in [1.54, 1.807) is 7.11 Å². The van der Waals surface area contributed by atoms with E-state index in [4.69, 9.17) is 16.3 Å². The monoisotopic (exact) mass is 260 g/mol. The van der Waals surface area contributed by atoms with Crippen LogP contribution in [0.2, 0.25) is 0 Å². The normalized spacial score (nSPS) is 12.2. The zero-order chi connectivity index (χ0) is 13.0. The Balaban J connectivity index is 2.31. The van der Waals surface area contributed by atoms with Crippen molar-refractivity contribution >= 4 is 11.6 Å².